The van der Waals surface area contributed by atoms with Crippen molar-refractivity contribution >= 4 is 10.8 Å². The molecule has 2 aromatic carbocycles. The van der Waals surface area contributed by atoms with E-state index in [-0.39, 0.29) is 6.04 Å². The van der Waals surface area contributed by atoms with Gasteiger partial charge in [-0.1, -0.05) is 42.5 Å². The topological polar surface area (TPSA) is 24.9 Å². The largest absolute Gasteiger partial charge is 0.309 e. The SMILES string of the molecule is CNC(c1cnccc1C)c1cccc2ccccc12. The molecular formula is C18H18N2. The Labute approximate surface area is 119 Å². The van der Waals surface area contributed by atoms with Crippen molar-refractivity contribution in [1.29, 1.82) is 0 Å². The predicted octanol–water partition coefficient (Wildman–Crippen LogP) is 3.85. The third kappa shape index (κ3) is 2.19. The fourth-order valence-electron chi connectivity index (χ4n) is 2.76. The Morgan fingerprint density at radius 3 is 2.55 bits per heavy atom. The molecule has 0 fully saturated rings. The van der Waals surface area contributed by atoms with Crippen LogP contribution in [-0.4, -0.2) is 12.0 Å². The number of hydrogen-bond donors (Lipinski definition) is 1. The molecule has 0 aliphatic heterocycles. The lowest BCUT2D eigenvalue weighted by atomic mass is 9.92. The third-order valence-corrected chi connectivity index (χ3v) is 3.81. The molecule has 1 N–H and O–H groups in total. The van der Waals surface area contributed by atoms with E-state index in [1.807, 2.05) is 19.4 Å². The van der Waals surface area contributed by atoms with Gasteiger partial charge in [0.05, 0.1) is 6.04 Å². The normalized spacial score (nSPS) is 12.5. The van der Waals surface area contributed by atoms with Crippen molar-refractivity contribution in [2.24, 2.45) is 0 Å². The average Bonchev–Trinajstić information content (AvgIpc) is 2.50. The van der Waals surface area contributed by atoms with E-state index < -0.39 is 0 Å². The van der Waals surface area contributed by atoms with E-state index in [1.165, 1.54) is 27.5 Å². The highest BCUT2D eigenvalue weighted by atomic mass is 14.9. The second-order valence-corrected chi connectivity index (χ2v) is 5.02. The van der Waals surface area contributed by atoms with Gasteiger partial charge in [0.1, 0.15) is 0 Å². The summed E-state index contributed by atoms with van der Waals surface area (Å²) in [4.78, 5) is 4.28. The number of nitrogens with one attached hydrogen (secondary N) is 1. The van der Waals surface area contributed by atoms with Crippen LogP contribution in [0.2, 0.25) is 0 Å². The van der Waals surface area contributed by atoms with E-state index in [9.17, 15) is 0 Å². The highest BCUT2D eigenvalue weighted by Crippen LogP contribution is 2.29. The molecule has 0 saturated carbocycles. The third-order valence-electron chi connectivity index (χ3n) is 3.81. The zero-order valence-corrected chi connectivity index (χ0v) is 11.8. The molecule has 0 spiro atoms. The monoisotopic (exact) mass is 262 g/mol. The second kappa shape index (κ2) is 5.43. The van der Waals surface area contributed by atoms with Gasteiger partial charge in [0.15, 0.2) is 0 Å². The maximum atomic E-state index is 4.28. The molecule has 20 heavy (non-hydrogen) atoms. The lowest BCUT2D eigenvalue weighted by Crippen LogP contribution is -2.19. The molecular weight excluding hydrogens is 244 g/mol. The van der Waals surface area contributed by atoms with Crippen LogP contribution in [0.4, 0.5) is 0 Å². The number of rotatable bonds is 3. The number of aromatic nitrogens is 1. The Kier molecular flexibility index (Phi) is 3.48. The second-order valence-electron chi connectivity index (χ2n) is 5.02. The van der Waals surface area contributed by atoms with Gasteiger partial charge in [-0.05, 0) is 47.5 Å². The highest BCUT2D eigenvalue weighted by molar-refractivity contribution is 5.86. The van der Waals surface area contributed by atoms with Crippen LogP contribution in [-0.2, 0) is 0 Å². The minimum Gasteiger partial charge on any atom is -0.309 e. The van der Waals surface area contributed by atoms with Gasteiger partial charge >= 0.3 is 0 Å². The fourth-order valence-corrected chi connectivity index (χ4v) is 2.76. The highest BCUT2D eigenvalue weighted by Gasteiger charge is 2.16. The van der Waals surface area contributed by atoms with Gasteiger partial charge in [-0.15, -0.1) is 0 Å². The van der Waals surface area contributed by atoms with Crippen molar-refractivity contribution in [3.8, 4) is 0 Å². The number of hydrogen-bond acceptors (Lipinski definition) is 2. The maximum Gasteiger partial charge on any atom is 0.0598 e. The van der Waals surface area contributed by atoms with Crippen LogP contribution >= 0.6 is 0 Å². The Balaban J connectivity index is 2.20. The van der Waals surface area contributed by atoms with Crippen LogP contribution in [0.15, 0.2) is 60.9 Å². The van der Waals surface area contributed by atoms with Gasteiger partial charge in [0, 0.05) is 12.4 Å². The molecule has 2 heteroatoms. The van der Waals surface area contributed by atoms with Crippen molar-refractivity contribution in [3.05, 3.63) is 77.6 Å². The number of fused-ring (bicyclic) bond motifs is 1. The average molecular weight is 262 g/mol. The van der Waals surface area contributed by atoms with E-state index in [0.29, 0.717) is 0 Å². The van der Waals surface area contributed by atoms with Gasteiger partial charge in [0.2, 0.25) is 0 Å². The van der Waals surface area contributed by atoms with Crippen molar-refractivity contribution in [2.75, 3.05) is 7.05 Å². The smallest absolute Gasteiger partial charge is 0.0598 e. The summed E-state index contributed by atoms with van der Waals surface area (Å²) < 4.78 is 0. The molecule has 0 saturated heterocycles. The first-order valence-corrected chi connectivity index (χ1v) is 6.86. The Bertz CT molecular complexity index is 729. The predicted molar refractivity (Wildman–Crippen MR) is 83.8 cm³/mol. The molecule has 0 aliphatic rings. The molecule has 0 radical (unpaired) electrons. The van der Waals surface area contributed by atoms with Gasteiger partial charge < -0.3 is 5.32 Å². The summed E-state index contributed by atoms with van der Waals surface area (Å²) in [6.07, 6.45) is 3.80. The van der Waals surface area contributed by atoms with E-state index in [2.05, 4.69) is 65.8 Å². The van der Waals surface area contributed by atoms with Crippen LogP contribution in [0.5, 0.6) is 0 Å². The molecule has 3 aromatic rings. The molecule has 1 aromatic heterocycles. The van der Waals surface area contributed by atoms with Crippen LogP contribution in [0.1, 0.15) is 22.7 Å². The van der Waals surface area contributed by atoms with Crippen molar-refractivity contribution in [2.45, 2.75) is 13.0 Å². The molecule has 1 heterocycles. The minimum atomic E-state index is 0.162. The van der Waals surface area contributed by atoms with E-state index >= 15 is 0 Å². The number of aryl methyl sites for hydroxylation is 1. The minimum absolute atomic E-state index is 0.162. The van der Waals surface area contributed by atoms with Crippen LogP contribution in [0, 0.1) is 6.92 Å². The van der Waals surface area contributed by atoms with Crippen molar-refractivity contribution in [3.63, 3.8) is 0 Å². The summed E-state index contributed by atoms with van der Waals surface area (Å²) in [5.41, 5.74) is 3.78. The van der Waals surface area contributed by atoms with Gasteiger partial charge in [-0.3, -0.25) is 4.98 Å². The molecule has 1 unspecified atom stereocenters. The Morgan fingerprint density at radius 1 is 0.950 bits per heavy atom. The van der Waals surface area contributed by atoms with Gasteiger partial charge in [0.25, 0.3) is 0 Å². The summed E-state index contributed by atoms with van der Waals surface area (Å²) >= 11 is 0. The molecule has 1 atom stereocenters. The fraction of sp³-hybridized carbons (Fsp3) is 0.167. The van der Waals surface area contributed by atoms with E-state index in [0.717, 1.165) is 0 Å². The molecule has 0 amide bonds. The lowest BCUT2D eigenvalue weighted by molar-refractivity contribution is 0.689. The van der Waals surface area contributed by atoms with E-state index in [1.54, 1.807) is 0 Å². The summed E-state index contributed by atoms with van der Waals surface area (Å²) in [5.74, 6) is 0. The summed E-state index contributed by atoms with van der Waals surface area (Å²) in [5, 5.41) is 5.99. The first-order valence-electron chi connectivity index (χ1n) is 6.86. The van der Waals surface area contributed by atoms with Crippen molar-refractivity contribution in [1.82, 2.24) is 10.3 Å². The van der Waals surface area contributed by atoms with E-state index in [4.69, 9.17) is 0 Å². The molecule has 3 rings (SSSR count). The Morgan fingerprint density at radius 2 is 1.75 bits per heavy atom. The lowest BCUT2D eigenvalue weighted by Gasteiger charge is -2.20. The first-order chi connectivity index (χ1) is 9.81. The molecule has 100 valence electrons. The zero-order valence-electron chi connectivity index (χ0n) is 11.8. The van der Waals surface area contributed by atoms with Crippen LogP contribution in [0.3, 0.4) is 0 Å². The van der Waals surface area contributed by atoms with Crippen LogP contribution in [0.25, 0.3) is 10.8 Å². The Hall–Kier alpha value is -2.19. The molecule has 0 bridgehead atoms. The standard InChI is InChI=1S/C18H18N2/c1-13-10-11-20-12-17(13)18(19-2)16-9-5-7-14-6-3-4-8-15(14)16/h3-12,18-19H,1-2H3. The molecule has 0 aliphatic carbocycles. The van der Waals surface area contributed by atoms with Gasteiger partial charge in [-0.2, -0.15) is 0 Å². The summed E-state index contributed by atoms with van der Waals surface area (Å²) in [6, 6.07) is 17.2. The first kappa shape index (κ1) is 12.8. The zero-order chi connectivity index (χ0) is 13.9. The summed E-state index contributed by atoms with van der Waals surface area (Å²) in [6.45, 7) is 2.13. The quantitative estimate of drug-likeness (QED) is 0.775. The van der Waals surface area contributed by atoms with Crippen LogP contribution < -0.4 is 5.32 Å². The number of pyridine rings is 1. The number of nitrogens with zero attached hydrogens (tertiary/aromatic N) is 1. The summed E-state index contributed by atoms with van der Waals surface area (Å²) in [7, 11) is 2.00. The van der Waals surface area contributed by atoms with Gasteiger partial charge in [-0.25, -0.2) is 0 Å². The molecule has 2 nitrogen and oxygen atoms in total. The van der Waals surface area contributed by atoms with Crippen molar-refractivity contribution < 1.29 is 0 Å². The maximum absolute atomic E-state index is 4.28. The number of benzene rings is 2.